The lowest BCUT2D eigenvalue weighted by Gasteiger charge is -2.34. The highest BCUT2D eigenvalue weighted by Crippen LogP contribution is 2.02. The van der Waals surface area contributed by atoms with Gasteiger partial charge in [-0.2, -0.15) is 0 Å². The van der Waals surface area contributed by atoms with Gasteiger partial charge in [-0.1, -0.05) is 0 Å². The van der Waals surface area contributed by atoms with Gasteiger partial charge in [0.1, 0.15) is 5.82 Å². The van der Waals surface area contributed by atoms with Crippen molar-refractivity contribution in [1.29, 1.82) is 0 Å². The van der Waals surface area contributed by atoms with Crippen LogP contribution in [0, 0.1) is 5.82 Å². The van der Waals surface area contributed by atoms with Gasteiger partial charge < -0.3 is 20.9 Å². The molecule has 1 aliphatic rings. The minimum absolute atomic E-state index is 0.0483. The number of halogens is 1. The fraction of sp³-hybridized carbons (Fsp3) is 0.556. The second kappa shape index (κ2) is 10.1. The van der Waals surface area contributed by atoms with E-state index in [0.29, 0.717) is 18.7 Å². The molecular formula is C18H28FN5O2. The number of amides is 3. The van der Waals surface area contributed by atoms with Crippen molar-refractivity contribution >= 4 is 11.9 Å². The van der Waals surface area contributed by atoms with Crippen LogP contribution in [0.15, 0.2) is 24.3 Å². The number of hydrogen-bond acceptors (Lipinski definition) is 4. The van der Waals surface area contributed by atoms with Gasteiger partial charge in [0.2, 0.25) is 0 Å². The lowest BCUT2D eigenvalue weighted by Crippen LogP contribution is -2.51. The number of likely N-dealkylation sites (N-methyl/N-ethyl adjacent to an activating group) is 1. The molecule has 1 aromatic rings. The van der Waals surface area contributed by atoms with E-state index in [2.05, 4.69) is 32.8 Å². The molecule has 1 aliphatic heterocycles. The third-order valence-electron chi connectivity index (χ3n) is 4.31. The maximum atomic E-state index is 12.8. The van der Waals surface area contributed by atoms with Crippen LogP contribution in [-0.2, 0) is 0 Å². The Bertz CT molecular complexity index is 588. The molecule has 0 aromatic heterocycles. The minimum Gasteiger partial charge on any atom is -0.350 e. The second-order valence-electron chi connectivity index (χ2n) is 6.67. The predicted molar refractivity (Wildman–Crippen MR) is 98.7 cm³/mol. The molecule has 1 heterocycles. The van der Waals surface area contributed by atoms with Gasteiger partial charge in [-0.15, -0.1) is 0 Å². The first-order valence-electron chi connectivity index (χ1n) is 8.93. The van der Waals surface area contributed by atoms with Crippen molar-refractivity contribution in [2.75, 3.05) is 52.9 Å². The molecule has 1 saturated heterocycles. The van der Waals surface area contributed by atoms with Crippen molar-refractivity contribution in [3.63, 3.8) is 0 Å². The first kappa shape index (κ1) is 20.1. The fourth-order valence-electron chi connectivity index (χ4n) is 2.79. The molecule has 0 bridgehead atoms. The zero-order valence-corrected chi connectivity index (χ0v) is 15.4. The highest BCUT2D eigenvalue weighted by molar-refractivity contribution is 5.94. The summed E-state index contributed by atoms with van der Waals surface area (Å²) in [6.07, 6.45) is 0. The van der Waals surface area contributed by atoms with Crippen LogP contribution in [0.1, 0.15) is 17.3 Å². The zero-order chi connectivity index (χ0) is 18.9. The molecule has 1 aromatic carbocycles. The molecule has 0 spiro atoms. The summed E-state index contributed by atoms with van der Waals surface area (Å²) >= 11 is 0. The first-order chi connectivity index (χ1) is 12.4. The predicted octanol–water partition coefficient (Wildman–Crippen LogP) is 0.491. The first-order valence-corrected chi connectivity index (χ1v) is 8.93. The van der Waals surface area contributed by atoms with E-state index in [-0.39, 0.29) is 23.8 Å². The van der Waals surface area contributed by atoms with E-state index in [9.17, 15) is 14.0 Å². The molecule has 0 radical (unpaired) electrons. The number of hydrogen-bond donors (Lipinski definition) is 3. The molecule has 3 amide bonds. The van der Waals surface area contributed by atoms with E-state index >= 15 is 0 Å². The lowest BCUT2D eigenvalue weighted by molar-refractivity contribution is 0.0953. The summed E-state index contributed by atoms with van der Waals surface area (Å²) < 4.78 is 12.8. The number of carbonyl (C=O) groups is 2. The Morgan fingerprint density at radius 2 is 1.69 bits per heavy atom. The molecule has 26 heavy (non-hydrogen) atoms. The van der Waals surface area contributed by atoms with Gasteiger partial charge in [0.05, 0.1) is 0 Å². The highest BCUT2D eigenvalue weighted by atomic mass is 19.1. The van der Waals surface area contributed by atoms with Crippen molar-refractivity contribution in [2.24, 2.45) is 0 Å². The summed E-state index contributed by atoms with van der Waals surface area (Å²) in [7, 11) is 2.11. The Morgan fingerprint density at radius 3 is 2.35 bits per heavy atom. The molecule has 3 N–H and O–H groups in total. The van der Waals surface area contributed by atoms with Crippen LogP contribution < -0.4 is 16.0 Å². The van der Waals surface area contributed by atoms with Crippen LogP contribution in [0.3, 0.4) is 0 Å². The van der Waals surface area contributed by atoms with Crippen molar-refractivity contribution in [3.05, 3.63) is 35.6 Å². The summed E-state index contributed by atoms with van der Waals surface area (Å²) in [5, 5.41) is 8.31. The number of piperazine rings is 1. The molecule has 0 saturated carbocycles. The Morgan fingerprint density at radius 1 is 1.08 bits per heavy atom. The van der Waals surface area contributed by atoms with Crippen molar-refractivity contribution in [3.8, 4) is 0 Å². The Labute approximate surface area is 153 Å². The molecule has 7 nitrogen and oxygen atoms in total. The molecule has 1 fully saturated rings. The maximum Gasteiger partial charge on any atom is 0.315 e. The maximum absolute atomic E-state index is 12.8. The smallest absolute Gasteiger partial charge is 0.315 e. The quantitative estimate of drug-likeness (QED) is 0.615. The standard InChI is InChI=1S/C18H28FN5O2/c1-14(13-24-11-9-23(2)10-12-24)22-18(26)21-8-7-20-17(25)15-3-5-16(19)6-4-15/h3-6,14H,7-13H2,1-2H3,(H,20,25)(H2,21,22,26). The van der Waals surface area contributed by atoms with E-state index < -0.39 is 0 Å². The van der Waals surface area contributed by atoms with E-state index in [4.69, 9.17) is 0 Å². The summed E-state index contributed by atoms with van der Waals surface area (Å²) in [4.78, 5) is 28.4. The normalized spacial score (nSPS) is 16.7. The fourth-order valence-corrected chi connectivity index (χ4v) is 2.79. The summed E-state index contributed by atoms with van der Waals surface area (Å²) in [5.74, 6) is -0.679. The third kappa shape index (κ3) is 6.97. The number of nitrogens with zero attached hydrogens (tertiary/aromatic N) is 2. The average Bonchev–Trinajstić information content (AvgIpc) is 2.61. The van der Waals surface area contributed by atoms with Gasteiger partial charge in [0.15, 0.2) is 0 Å². The Kier molecular flexibility index (Phi) is 7.80. The Hall–Kier alpha value is -2.19. The van der Waals surface area contributed by atoms with Crippen molar-refractivity contribution in [2.45, 2.75) is 13.0 Å². The largest absolute Gasteiger partial charge is 0.350 e. The molecule has 2 rings (SSSR count). The van der Waals surface area contributed by atoms with Crippen molar-refractivity contribution in [1.82, 2.24) is 25.8 Å². The summed E-state index contributed by atoms with van der Waals surface area (Å²) in [5.41, 5.74) is 0.386. The number of carbonyl (C=O) groups excluding carboxylic acids is 2. The lowest BCUT2D eigenvalue weighted by atomic mass is 10.2. The van der Waals surface area contributed by atoms with E-state index in [1.165, 1.54) is 24.3 Å². The second-order valence-corrected chi connectivity index (χ2v) is 6.67. The SMILES string of the molecule is CC(CN1CCN(C)CC1)NC(=O)NCCNC(=O)c1ccc(F)cc1. The van der Waals surface area contributed by atoms with Crippen LogP contribution in [-0.4, -0.2) is 80.6 Å². The average molecular weight is 365 g/mol. The van der Waals surface area contributed by atoms with E-state index in [0.717, 1.165) is 32.7 Å². The molecule has 8 heteroatoms. The number of nitrogens with one attached hydrogen (secondary N) is 3. The monoisotopic (exact) mass is 365 g/mol. The van der Waals surface area contributed by atoms with Gasteiger partial charge in [-0.05, 0) is 38.2 Å². The molecule has 0 aliphatic carbocycles. The molecule has 144 valence electrons. The van der Waals surface area contributed by atoms with Crippen LogP contribution >= 0.6 is 0 Å². The van der Waals surface area contributed by atoms with Gasteiger partial charge in [0, 0.05) is 57.4 Å². The van der Waals surface area contributed by atoms with Crippen LogP contribution in [0.25, 0.3) is 0 Å². The van der Waals surface area contributed by atoms with E-state index in [1.807, 2.05) is 6.92 Å². The van der Waals surface area contributed by atoms with Crippen LogP contribution in [0.2, 0.25) is 0 Å². The number of rotatable bonds is 7. The number of benzene rings is 1. The number of urea groups is 1. The van der Waals surface area contributed by atoms with Gasteiger partial charge >= 0.3 is 6.03 Å². The van der Waals surface area contributed by atoms with Gasteiger partial charge in [-0.3, -0.25) is 9.69 Å². The molecular weight excluding hydrogens is 337 g/mol. The van der Waals surface area contributed by atoms with Crippen LogP contribution in [0.5, 0.6) is 0 Å². The molecule has 1 atom stereocenters. The van der Waals surface area contributed by atoms with E-state index in [1.54, 1.807) is 0 Å². The van der Waals surface area contributed by atoms with Crippen molar-refractivity contribution < 1.29 is 14.0 Å². The summed E-state index contributed by atoms with van der Waals surface area (Å²) in [6, 6.07) is 5.12. The van der Waals surface area contributed by atoms with Crippen LogP contribution in [0.4, 0.5) is 9.18 Å². The van der Waals surface area contributed by atoms with Gasteiger partial charge in [0.25, 0.3) is 5.91 Å². The third-order valence-corrected chi connectivity index (χ3v) is 4.31. The Balaban J connectivity index is 1.58. The highest BCUT2D eigenvalue weighted by Gasteiger charge is 2.17. The minimum atomic E-state index is -0.384. The van der Waals surface area contributed by atoms with Gasteiger partial charge in [-0.25, -0.2) is 9.18 Å². The molecule has 1 unspecified atom stereocenters. The summed E-state index contributed by atoms with van der Waals surface area (Å²) in [6.45, 7) is 7.55. The topological polar surface area (TPSA) is 76.7 Å². The zero-order valence-electron chi connectivity index (χ0n) is 15.4.